The Hall–Kier alpha value is -2.08. The molecule has 0 unspecified atom stereocenters. The van der Waals surface area contributed by atoms with Crippen LogP contribution in [-0.2, 0) is 20.9 Å². The number of methoxy groups -OCH3 is 1. The van der Waals surface area contributed by atoms with E-state index in [1.54, 1.807) is 18.9 Å². The van der Waals surface area contributed by atoms with E-state index in [4.69, 9.17) is 9.47 Å². The van der Waals surface area contributed by atoms with E-state index < -0.39 is 18.1 Å². The smallest absolute Gasteiger partial charge is 0.408 e. The van der Waals surface area contributed by atoms with Gasteiger partial charge in [0.1, 0.15) is 6.61 Å². The van der Waals surface area contributed by atoms with Gasteiger partial charge in [-0.15, -0.1) is 0 Å². The molecular formula is C22H31NO5. The van der Waals surface area contributed by atoms with E-state index in [0.29, 0.717) is 5.92 Å². The van der Waals surface area contributed by atoms with Crippen molar-refractivity contribution < 1.29 is 24.2 Å². The molecule has 28 heavy (non-hydrogen) atoms. The summed E-state index contributed by atoms with van der Waals surface area (Å²) in [5, 5.41) is 9.98. The number of ether oxygens (including phenoxy) is 2. The summed E-state index contributed by atoms with van der Waals surface area (Å²) in [4.78, 5) is 26.4. The molecule has 1 saturated carbocycles. The van der Waals surface area contributed by atoms with Gasteiger partial charge in [0, 0.05) is 7.11 Å². The molecule has 3 rings (SSSR count). The molecule has 1 N–H and O–H groups in total. The monoisotopic (exact) mass is 389 g/mol. The average molecular weight is 389 g/mol. The average Bonchev–Trinajstić information content (AvgIpc) is 3.26. The van der Waals surface area contributed by atoms with Gasteiger partial charge in [-0.1, -0.05) is 51.1 Å². The van der Waals surface area contributed by atoms with Crippen LogP contribution in [-0.4, -0.2) is 46.9 Å². The highest BCUT2D eigenvalue weighted by Gasteiger charge is 2.72. The van der Waals surface area contributed by atoms with E-state index in [2.05, 4.69) is 20.8 Å². The molecular weight excluding hydrogens is 358 g/mol. The molecule has 2 aliphatic rings. The van der Waals surface area contributed by atoms with Crippen LogP contribution in [0.2, 0.25) is 0 Å². The maximum atomic E-state index is 12.7. The van der Waals surface area contributed by atoms with Gasteiger partial charge in [0.2, 0.25) is 0 Å². The lowest BCUT2D eigenvalue weighted by Crippen LogP contribution is -2.56. The van der Waals surface area contributed by atoms with E-state index in [-0.39, 0.29) is 29.6 Å². The minimum Gasteiger partial charge on any atom is -0.465 e. The van der Waals surface area contributed by atoms with E-state index in [9.17, 15) is 14.7 Å². The van der Waals surface area contributed by atoms with Crippen molar-refractivity contribution in [2.24, 2.45) is 17.3 Å². The summed E-state index contributed by atoms with van der Waals surface area (Å²) in [5.41, 5.74) is 0.381. The van der Waals surface area contributed by atoms with Gasteiger partial charge in [-0.25, -0.2) is 4.79 Å². The highest BCUT2D eigenvalue weighted by atomic mass is 16.5. The molecule has 0 aromatic heterocycles. The summed E-state index contributed by atoms with van der Waals surface area (Å²) in [6.07, 6.45) is 0.124. The second kappa shape index (κ2) is 7.39. The second-order valence-electron chi connectivity index (χ2n) is 9.11. The number of esters is 1. The first-order valence-corrected chi connectivity index (χ1v) is 9.89. The van der Waals surface area contributed by atoms with Crippen LogP contribution in [0.15, 0.2) is 30.3 Å². The molecule has 2 fully saturated rings. The van der Waals surface area contributed by atoms with Crippen LogP contribution in [0.25, 0.3) is 0 Å². The fourth-order valence-corrected chi connectivity index (χ4v) is 5.15. The highest BCUT2D eigenvalue weighted by Crippen LogP contribution is 2.66. The molecule has 154 valence electrons. The van der Waals surface area contributed by atoms with Crippen LogP contribution >= 0.6 is 0 Å². The van der Waals surface area contributed by atoms with Crippen LogP contribution in [0, 0.1) is 17.3 Å². The van der Waals surface area contributed by atoms with Gasteiger partial charge in [0.05, 0.1) is 23.6 Å². The zero-order chi connectivity index (χ0) is 20.7. The third-order valence-corrected chi connectivity index (χ3v) is 6.61. The molecule has 1 aliphatic heterocycles. The number of likely N-dealkylation sites (tertiary alicyclic amines) is 1. The fourth-order valence-electron chi connectivity index (χ4n) is 5.15. The lowest BCUT2D eigenvalue weighted by atomic mass is 9.82. The summed E-state index contributed by atoms with van der Waals surface area (Å²) in [7, 11) is 1.54. The van der Waals surface area contributed by atoms with Crippen LogP contribution in [0.5, 0.6) is 0 Å². The van der Waals surface area contributed by atoms with Gasteiger partial charge in [-0.3, -0.25) is 9.69 Å². The van der Waals surface area contributed by atoms with Crippen molar-refractivity contribution in [2.45, 2.75) is 64.8 Å². The van der Waals surface area contributed by atoms with Crippen molar-refractivity contribution in [3.8, 4) is 0 Å². The zero-order valence-corrected chi connectivity index (χ0v) is 17.3. The van der Waals surface area contributed by atoms with Crippen molar-refractivity contribution in [1.82, 2.24) is 4.90 Å². The lowest BCUT2D eigenvalue weighted by molar-refractivity contribution is -0.156. The first-order valence-electron chi connectivity index (χ1n) is 9.89. The molecule has 5 atom stereocenters. The van der Waals surface area contributed by atoms with Gasteiger partial charge in [-0.05, 0) is 36.7 Å². The molecule has 6 heteroatoms. The Bertz CT molecular complexity index is 728. The summed E-state index contributed by atoms with van der Waals surface area (Å²) in [6.45, 7) is 8.22. The predicted octanol–water partition coefficient (Wildman–Crippen LogP) is 3.94. The Labute approximate surface area is 166 Å². The summed E-state index contributed by atoms with van der Waals surface area (Å²) >= 11 is 0. The highest BCUT2D eigenvalue weighted by molar-refractivity contribution is 5.74. The van der Waals surface area contributed by atoms with Crippen molar-refractivity contribution in [2.75, 3.05) is 7.11 Å². The maximum Gasteiger partial charge on any atom is 0.408 e. The molecule has 1 amide bonds. The van der Waals surface area contributed by atoms with E-state index >= 15 is 0 Å². The Kier molecular flexibility index (Phi) is 5.45. The molecule has 0 radical (unpaired) electrons. The van der Waals surface area contributed by atoms with Crippen LogP contribution < -0.4 is 0 Å². The van der Waals surface area contributed by atoms with Crippen LogP contribution in [0.4, 0.5) is 4.79 Å². The molecule has 6 nitrogen and oxygen atoms in total. The number of carboxylic acid groups (broad SMARTS) is 1. The van der Waals surface area contributed by atoms with Gasteiger partial charge < -0.3 is 14.6 Å². The Balaban J connectivity index is 1.73. The number of carbonyl (C=O) groups is 2. The number of hydrogen-bond acceptors (Lipinski definition) is 4. The number of hydrogen-bond donors (Lipinski definition) is 1. The summed E-state index contributed by atoms with van der Waals surface area (Å²) in [5.74, 6) is -0.611. The standard InChI is InChI=1S/C22H31NO5/c1-14(19(24)28-13-15-9-7-6-8-10-15)18(27-5)17-11-16-12-22(16,21(2,3)4)23(17)20(25)26/h6-10,14,16-18H,11-13H2,1-5H3,(H,25,26)/t14-,16+,17+,18-,22+/m1/s1. The molecule has 1 heterocycles. The summed E-state index contributed by atoms with van der Waals surface area (Å²) < 4.78 is 11.1. The summed E-state index contributed by atoms with van der Waals surface area (Å²) in [6, 6.07) is 9.15. The molecule has 0 bridgehead atoms. The molecule has 1 saturated heterocycles. The lowest BCUT2D eigenvalue weighted by Gasteiger charge is -2.42. The van der Waals surface area contributed by atoms with E-state index in [1.807, 2.05) is 30.3 Å². The Morgan fingerprint density at radius 1 is 1.29 bits per heavy atom. The first-order chi connectivity index (χ1) is 13.1. The van der Waals surface area contributed by atoms with Crippen molar-refractivity contribution in [3.05, 3.63) is 35.9 Å². The van der Waals surface area contributed by atoms with Crippen molar-refractivity contribution in [1.29, 1.82) is 0 Å². The number of rotatable bonds is 6. The third-order valence-electron chi connectivity index (χ3n) is 6.61. The third kappa shape index (κ3) is 3.39. The maximum absolute atomic E-state index is 12.7. The minimum absolute atomic E-state index is 0.167. The van der Waals surface area contributed by atoms with E-state index in [0.717, 1.165) is 18.4 Å². The number of benzene rings is 1. The zero-order valence-electron chi connectivity index (χ0n) is 17.3. The largest absolute Gasteiger partial charge is 0.465 e. The first kappa shape index (κ1) is 20.6. The van der Waals surface area contributed by atoms with Gasteiger partial charge >= 0.3 is 12.1 Å². The molecule has 1 aliphatic carbocycles. The molecule has 1 aromatic carbocycles. The van der Waals surface area contributed by atoms with E-state index in [1.165, 1.54) is 0 Å². The number of fused-ring (bicyclic) bond motifs is 1. The fraction of sp³-hybridized carbons (Fsp3) is 0.636. The predicted molar refractivity (Wildman–Crippen MR) is 105 cm³/mol. The van der Waals surface area contributed by atoms with Crippen LogP contribution in [0.3, 0.4) is 0 Å². The number of nitrogens with zero attached hydrogens (tertiary/aromatic N) is 1. The topological polar surface area (TPSA) is 76.1 Å². The number of carbonyl (C=O) groups excluding carboxylic acids is 1. The van der Waals surface area contributed by atoms with Crippen LogP contribution in [0.1, 0.15) is 46.1 Å². The Morgan fingerprint density at radius 3 is 2.46 bits per heavy atom. The SMILES string of the molecule is CO[C@H]([C@@H](C)C(=O)OCc1ccccc1)[C@@H]1C[C@H]2C[C@]2(C(C)(C)C)N1C(=O)O. The number of amides is 1. The van der Waals surface area contributed by atoms with Crippen molar-refractivity contribution >= 4 is 12.1 Å². The number of piperidine rings is 1. The van der Waals surface area contributed by atoms with Gasteiger partial charge in [0.25, 0.3) is 0 Å². The molecule has 0 spiro atoms. The van der Waals surface area contributed by atoms with Gasteiger partial charge in [0.15, 0.2) is 0 Å². The van der Waals surface area contributed by atoms with Gasteiger partial charge in [-0.2, -0.15) is 0 Å². The normalized spacial score (nSPS) is 28.4. The quantitative estimate of drug-likeness (QED) is 0.746. The Morgan fingerprint density at radius 2 is 1.93 bits per heavy atom. The second-order valence-corrected chi connectivity index (χ2v) is 9.11. The van der Waals surface area contributed by atoms with Crippen molar-refractivity contribution in [3.63, 3.8) is 0 Å². The minimum atomic E-state index is -0.938. The molecule has 1 aromatic rings.